The van der Waals surface area contributed by atoms with Crippen molar-refractivity contribution in [3.63, 3.8) is 0 Å². The van der Waals surface area contributed by atoms with Crippen LogP contribution < -0.4 is 5.32 Å². The van der Waals surface area contributed by atoms with Crippen molar-refractivity contribution in [3.05, 3.63) is 0 Å². The summed E-state index contributed by atoms with van der Waals surface area (Å²) in [5.41, 5.74) is 0. The number of hydrogen-bond acceptors (Lipinski definition) is 3. The first-order chi connectivity index (χ1) is 6.68. The summed E-state index contributed by atoms with van der Waals surface area (Å²) >= 11 is 2.00. The van der Waals surface area contributed by atoms with Crippen LogP contribution in [0.2, 0.25) is 0 Å². The molecule has 0 spiro atoms. The predicted molar refractivity (Wildman–Crippen MR) is 63.9 cm³/mol. The molecule has 0 unspecified atom stereocenters. The lowest BCUT2D eigenvalue weighted by molar-refractivity contribution is 0.188. The second-order valence-electron chi connectivity index (χ2n) is 4.43. The fraction of sp³-hybridized carbons (Fsp3) is 1.00. The molecule has 1 aliphatic rings. The lowest BCUT2D eigenvalue weighted by Crippen LogP contribution is -2.41. The average molecular weight is 217 g/mol. The van der Waals surface area contributed by atoms with Gasteiger partial charge in [0.2, 0.25) is 0 Å². The molecule has 0 heterocycles. The van der Waals surface area contributed by atoms with Crippen LogP contribution in [0, 0.1) is 0 Å². The third kappa shape index (κ3) is 3.79. The molecule has 14 heavy (non-hydrogen) atoms. The van der Waals surface area contributed by atoms with E-state index >= 15 is 0 Å². The van der Waals surface area contributed by atoms with Crippen LogP contribution in [0.1, 0.15) is 39.0 Å². The summed E-state index contributed by atoms with van der Waals surface area (Å²) in [6.07, 6.45) is 8.81. The molecule has 0 amide bonds. The quantitative estimate of drug-likeness (QED) is 0.739. The maximum atomic E-state index is 9.17. The molecule has 3 heteroatoms. The monoisotopic (exact) mass is 217 g/mol. The third-order valence-electron chi connectivity index (χ3n) is 3.08. The maximum absolute atomic E-state index is 9.17. The molecule has 84 valence electrons. The lowest BCUT2D eigenvalue weighted by atomic mass is 9.88. The average Bonchev–Trinajstić information content (AvgIpc) is 2.19. The molecule has 0 aromatic rings. The largest absolute Gasteiger partial charge is 0.392 e. The number of aliphatic hydroxyl groups is 1. The molecule has 0 aliphatic heterocycles. The van der Waals surface area contributed by atoms with Crippen LogP contribution in [0.25, 0.3) is 0 Å². The molecule has 1 fully saturated rings. The van der Waals surface area contributed by atoms with Gasteiger partial charge in [0.05, 0.1) is 6.10 Å². The molecule has 0 bridgehead atoms. The van der Waals surface area contributed by atoms with Gasteiger partial charge >= 0.3 is 0 Å². The van der Waals surface area contributed by atoms with E-state index in [1.54, 1.807) is 0 Å². The Labute approximate surface area is 91.9 Å². The zero-order valence-corrected chi connectivity index (χ0v) is 10.2. The van der Waals surface area contributed by atoms with Crippen molar-refractivity contribution in [2.75, 3.05) is 19.3 Å². The van der Waals surface area contributed by atoms with Crippen molar-refractivity contribution < 1.29 is 5.11 Å². The Morgan fingerprint density at radius 3 is 2.50 bits per heavy atom. The van der Waals surface area contributed by atoms with Crippen LogP contribution in [0.15, 0.2) is 0 Å². The van der Waals surface area contributed by atoms with E-state index in [9.17, 15) is 0 Å². The van der Waals surface area contributed by atoms with Crippen LogP contribution in [0.4, 0.5) is 0 Å². The number of hydrogen-bond donors (Lipinski definition) is 2. The minimum absolute atomic E-state index is 0.225. The Kier molecular flexibility index (Phi) is 5.28. The maximum Gasteiger partial charge on any atom is 0.0636 e. The SMILES string of the molecule is CSC1(CNC[C@@H](C)O)CCCCC1. The molecule has 0 aromatic carbocycles. The summed E-state index contributed by atoms with van der Waals surface area (Å²) in [5.74, 6) is 0. The Morgan fingerprint density at radius 1 is 1.36 bits per heavy atom. The van der Waals surface area contributed by atoms with Crippen molar-refractivity contribution in [3.8, 4) is 0 Å². The van der Waals surface area contributed by atoms with Crippen LogP contribution in [-0.2, 0) is 0 Å². The summed E-state index contributed by atoms with van der Waals surface area (Å²) in [4.78, 5) is 0. The van der Waals surface area contributed by atoms with Gasteiger partial charge < -0.3 is 10.4 Å². The van der Waals surface area contributed by atoms with Crippen LogP contribution in [0.3, 0.4) is 0 Å². The first-order valence-electron chi connectivity index (χ1n) is 5.62. The molecule has 2 nitrogen and oxygen atoms in total. The molecule has 1 saturated carbocycles. The van der Waals surface area contributed by atoms with Gasteiger partial charge in [-0.25, -0.2) is 0 Å². The second-order valence-corrected chi connectivity index (χ2v) is 5.70. The molecule has 0 saturated heterocycles. The van der Waals surface area contributed by atoms with Crippen molar-refractivity contribution in [1.82, 2.24) is 5.32 Å². The number of thioether (sulfide) groups is 1. The Balaban J connectivity index is 2.29. The molecule has 0 radical (unpaired) electrons. The van der Waals surface area contributed by atoms with E-state index in [-0.39, 0.29) is 6.10 Å². The molecule has 0 aromatic heterocycles. The van der Waals surface area contributed by atoms with Crippen LogP contribution >= 0.6 is 11.8 Å². The van der Waals surface area contributed by atoms with Gasteiger partial charge in [0, 0.05) is 17.8 Å². The van der Waals surface area contributed by atoms with Crippen molar-refractivity contribution in [1.29, 1.82) is 0 Å². The number of rotatable bonds is 5. The van der Waals surface area contributed by atoms with E-state index in [0.29, 0.717) is 4.75 Å². The molecule has 1 aliphatic carbocycles. The topological polar surface area (TPSA) is 32.3 Å². The molecule has 2 N–H and O–H groups in total. The first kappa shape index (κ1) is 12.3. The fourth-order valence-corrected chi connectivity index (χ4v) is 3.10. The zero-order valence-electron chi connectivity index (χ0n) is 9.38. The van der Waals surface area contributed by atoms with Gasteiger partial charge in [-0.1, -0.05) is 19.3 Å². The minimum atomic E-state index is -0.225. The Hall–Kier alpha value is 0.270. The Morgan fingerprint density at radius 2 is 2.00 bits per heavy atom. The van der Waals surface area contributed by atoms with Gasteiger partial charge in [-0.05, 0) is 26.0 Å². The van der Waals surface area contributed by atoms with Crippen molar-refractivity contribution in [2.24, 2.45) is 0 Å². The van der Waals surface area contributed by atoms with E-state index in [4.69, 9.17) is 5.11 Å². The van der Waals surface area contributed by atoms with E-state index < -0.39 is 0 Å². The summed E-state index contributed by atoms with van der Waals surface area (Å²) in [7, 11) is 0. The zero-order chi connectivity index (χ0) is 10.4. The second kappa shape index (κ2) is 5.99. The molecule has 1 atom stereocenters. The highest BCUT2D eigenvalue weighted by molar-refractivity contribution is 8.00. The minimum Gasteiger partial charge on any atom is -0.392 e. The Bertz CT molecular complexity index is 155. The smallest absolute Gasteiger partial charge is 0.0636 e. The summed E-state index contributed by atoms with van der Waals surface area (Å²) in [6.45, 7) is 3.61. The third-order valence-corrected chi connectivity index (χ3v) is 4.50. The van der Waals surface area contributed by atoms with Crippen LogP contribution in [-0.4, -0.2) is 35.3 Å². The van der Waals surface area contributed by atoms with Crippen molar-refractivity contribution in [2.45, 2.75) is 49.9 Å². The van der Waals surface area contributed by atoms with Gasteiger partial charge in [0.25, 0.3) is 0 Å². The lowest BCUT2D eigenvalue weighted by Gasteiger charge is -2.36. The molecule has 1 rings (SSSR count). The highest BCUT2D eigenvalue weighted by atomic mass is 32.2. The summed E-state index contributed by atoms with van der Waals surface area (Å²) in [6, 6.07) is 0. The summed E-state index contributed by atoms with van der Waals surface area (Å²) in [5, 5.41) is 12.5. The normalized spacial score (nSPS) is 23.4. The molecular weight excluding hydrogens is 194 g/mol. The van der Waals surface area contributed by atoms with Gasteiger partial charge in [-0.15, -0.1) is 0 Å². The highest BCUT2D eigenvalue weighted by Crippen LogP contribution is 2.37. The van der Waals surface area contributed by atoms with E-state index in [1.165, 1.54) is 32.1 Å². The van der Waals surface area contributed by atoms with E-state index in [1.807, 2.05) is 18.7 Å². The van der Waals surface area contributed by atoms with Gasteiger partial charge in [0.1, 0.15) is 0 Å². The van der Waals surface area contributed by atoms with E-state index in [2.05, 4.69) is 11.6 Å². The standard InChI is InChI=1S/C11H23NOS/c1-10(13)8-12-9-11(14-2)6-4-3-5-7-11/h10,12-13H,3-9H2,1-2H3/t10-/m1/s1. The number of aliphatic hydroxyl groups excluding tert-OH is 1. The summed E-state index contributed by atoms with van der Waals surface area (Å²) < 4.78 is 0.452. The van der Waals surface area contributed by atoms with Gasteiger partial charge in [-0.2, -0.15) is 11.8 Å². The fourth-order valence-electron chi connectivity index (χ4n) is 2.16. The predicted octanol–water partition coefficient (Wildman–Crippen LogP) is 2.02. The van der Waals surface area contributed by atoms with Gasteiger partial charge in [-0.3, -0.25) is 0 Å². The highest BCUT2D eigenvalue weighted by Gasteiger charge is 2.30. The van der Waals surface area contributed by atoms with Crippen LogP contribution in [0.5, 0.6) is 0 Å². The molecular formula is C11H23NOS. The van der Waals surface area contributed by atoms with Gasteiger partial charge in [0.15, 0.2) is 0 Å². The van der Waals surface area contributed by atoms with E-state index in [0.717, 1.165) is 13.1 Å². The van der Waals surface area contributed by atoms with Crippen molar-refractivity contribution >= 4 is 11.8 Å². The number of nitrogens with one attached hydrogen (secondary N) is 1. The first-order valence-corrected chi connectivity index (χ1v) is 6.85.